The Balaban J connectivity index is 2.43. The molecule has 6 nitrogen and oxygen atoms in total. The van der Waals surface area contributed by atoms with E-state index in [1.54, 1.807) is 24.3 Å². The molecule has 1 unspecified atom stereocenters. The number of halogens is 1. The first-order valence-corrected chi connectivity index (χ1v) is 5.47. The molecule has 0 aliphatic rings. The van der Waals surface area contributed by atoms with Crippen molar-refractivity contribution in [1.29, 1.82) is 0 Å². The highest BCUT2D eigenvalue weighted by molar-refractivity contribution is 6.33. The number of methoxy groups -OCH3 is 1. The van der Waals surface area contributed by atoms with Crippen molar-refractivity contribution in [3.63, 3.8) is 0 Å². The molecule has 0 aliphatic heterocycles. The van der Waals surface area contributed by atoms with Crippen LogP contribution in [0.2, 0.25) is 5.02 Å². The zero-order valence-corrected chi connectivity index (χ0v) is 10.4. The number of amides is 2. The van der Waals surface area contributed by atoms with Crippen LogP contribution in [0.5, 0.6) is 0 Å². The lowest BCUT2D eigenvalue weighted by Gasteiger charge is -2.11. The topological polar surface area (TPSA) is 87.7 Å². The third-order valence-electron chi connectivity index (χ3n) is 2.05. The van der Waals surface area contributed by atoms with Gasteiger partial charge in [0, 0.05) is 0 Å². The number of anilines is 1. The highest BCUT2D eigenvalue weighted by atomic mass is 35.5. The summed E-state index contributed by atoms with van der Waals surface area (Å²) in [4.78, 5) is 22.3. The summed E-state index contributed by atoms with van der Waals surface area (Å²) in [6, 6.07) is 6.11. The van der Waals surface area contributed by atoms with Gasteiger partial charge in [-0.15, -0.1) is 0 Å². The fourth-order valence-corrected chi connectivity index (χ4v) is 1.32. The van der Waals surface area contributed by atoms with Crippen molar-refractivity contribution in [3.8, 4) is 0 Å². The van der Waals surface area contributed by atoms with Crippen LogP contribution in [0.4, 0.5) is 10.5 Å². The lowest BCUT2D eigenvalue weighted by Crippen LogP contribution is -2.39. The van der Waals surface area contributed by atoms with Gasteiger partial charge in [-0.05, 0) is 12.1 Å². The van der Waals surface area contributed by atoms with Gasteiger partial charge in [0.15, 0.2) is 6.10 Å². The molecule has 98 valence electrons. The second kappa shape index (κ2) is 6.83. The predicted octanol–water partition coefficient (Wildman–Crippen LogP) is 0.995. The van der Waals surface area contributed by atoms with Crippen LogP contribution in [0.25, 0.3) is 0 Å². The molecule has 1 aromatic carbocycles. The molecular weight excluding hydrogens is 260 g/mol. The van der Waals surface area contributed by atoms with Gasteiger partial charge < -0.3 is 20.5 Å². The summed E-state index contributed by atoms with van der Waals surface area (Å²) in [5, 5.41) is 14.4. The van der Waals surface area contributed by atoms with Gasteiger partial charge in [-0.2, -0.15) is 0 Å². The molecule has 0 spiro atoms. The monoisotopic (exact) mass is 272 g/mol. The number of para-hydroxylation sites is 1. The molecule has 0 aliphatic carbocycles. The van der Waals surface area contributed by atoms with E-state index in [2.05, 4.69) is 15.4 Å². The van der Waals surface area contributed by atoms with Crippen molar-refractivity contribution in [2.24, 2.45) is 0 Å². The summed E-state index contributed by atoms with van der Waals surface area (Å²) in [6.45, 7) is -0.247. The predicted molar refractivity (Wildman–Crippen MR) is 66.5 cm³/mol. The molecule has 7 heteroatoms. The quantitative estimate of drug-likeness (QED) is 0.714. The Kier molecular flexibility index (Phi) is 5.41. The van der Waals surface area contributed by atoms with Crippen molar-refractivity contribution in [2.75, 3.05) is 19.0 Å². The van der Waals surface area contributed by atoms with Crippen molar-refractivity contribution >= 4 is 29.3 Å². The Morgan fingerprint density at radius 3 is 2.72 bits per heavy atom. The highest BCUT2D eigenvalue weighted by Gasteiger charge is 2.16. The molecule has 1 aromatic rings. The third kappa shape index (κ3) is 4.23. The minimum Gasteiger partial charge on any atom is -0.467 e. The lowest BCUT2D eigenvalue weighted by molar-refractivity contribution is -0.149. The van der Waals surface area contributed by atoms with Crippen LogP contribution in [0.1, 0.15) is 0 Å². The number of hydrogen-bond donors (Lipinski definition) is 3. The van der Waals surface area contributed by atoms with E-state index in [-0.39, 0.29) is 6.54 Å². The summed E-state index contributed by atoms with van der Waals surface area (Å²) in [7, 11) is 1.15. The first-order valence-electron chi connectivity index (χ1n) is 5.10. The summed E-state index contributed by atoms with van der Waals surface area (Å²) >= 11 is 5.84. The Morgan fingerprint density at radius 1 is 1.44 bits per heavy atom. The standard InChI is InChI=1S/C11H13ClN2O4/c1-18-10(16)9(15)6-13-11(17)14-8-5-3-2-4-7(8)12/h2-5,9,15H,6H2,1H3,(H2,13,14,17). The van der Waals surface area contributed by atoms with Crippen molar-refractivity contribution < 1.29 is 19.4 Å². The molecule has 0 radical (unpaired) electrons. The Bertz CT molecular complexity index is 439. The van der Waals surface area contributed by atoms with Crippen LogP contribution in [-0.4, -0.2) is 36.9 Å². The Labute approximate surface area is 109 Å². The van der Waals surface area contributed by atoms with E-state index in [4.69, 9.17) is 11.6 Å². The molecule has 0 heterocycles. The van der Waals surface area contributed by atoms with Crippen LogP contribution in [0.3, 0.4) is 0 Å². The number of aliphatic hydroxyl groups is 1. The molecule has 18 heavy (non-hydrogen) atoms. The molecule has 1 rings (SSSR count). The van der Waals surface area contributed by atoms with Crippen molar-refractivity contribution in [1.82, 2.24) is 5.32 Å². The number of ether oxygens (including phenoxy) is 1. The molecule has 0 aromatic heterocycles. The number of esters is 1. The number of urea groups is 1. The molecule has 0 saturated carbocycles. The number of aliphatic hydroxyl groups excluding tert-OH is 1. The van der Waals surface area contributed by atoms with Gasteiger partial charge in [0.05, 0.1) is 24.4 Å². The van der Waals surface area contributed by atoms with Gasteiger partial charge in [-0.3, -0.25) is 0 Å². The normalized spacial score (nSPS) is 11.5. The zero-order chi connectivity index (χ0) is 13.5. The second-order valence-corrected chi connectivity index (χ2v) is 3.76. The maximum atomic E-state index is 11.4. The van der Waals surface area contributed by atoms with E-state index < -0.39 is 18.1 Å². The molecule has 0 saturated heterocycles. The average molecular weight is 273 g/mol. The number of rotatable bonds is 4. The van der Waals surface area contributed by atoms with E-state index in [1.165, 1.54) is 0 Å². The summed E-state index contributed by atoms with van der Waals surface area (Å²) in [6.07, 6.45) is -1.40. The van der Waals surface area contributed by atoms with Crippen LogP contribution in [0, 0.1) is 0 Å². The number of carbonyl (C=O) groups is 2. The largest absolute Gasteiger partial charge is 0.467 e. The van der Waals surface area contributed by atoms with Gasteiger partial charge in [0.2, 0.25) is 0 Å². The van der Waals surface area contributed by atoms with Crippen molar-refractivity contribution in [3.05, 3.63) is 29.3 Å². The van der Waals surface area contributed by atoms with E-state index in [1.807, 2.05) is 0 Å². The molecular formula is C11H13ClN2O4. The van der Waals surface area contributed by atoms with E-state index in [9.17, 15) is 14.7 Å². The number of nitrogens with one attached hydrogen (secondary N) is 2. The second-order valence-electron chi connectivity index (χ2n) is 3.35. The van der Waals surface area contributed by atoms with Crippen molar-refractivity contribution in [2.45, 2.75) is 6.10 Å². The van der Waals surface area contributed by atoms with Crippen LogP contribution < -0.4 is 10.6 Å². The van der Waals surface area contributed by atoms with Crippen LogP contribution in [-0.2, 0) is 9.53 Å². The first-order chi connectivity index (χ1) is 8.54. The molecule has 3 N–H and O–H groups in total. The smallest absolute Gasteiger partial charge is 0.336 e. The lowest BCUT2D eigenvalue weighted by atomic mass is 10.3. The van der Waals surface area contributed by atoms with E-state index >= 15 is 0 Å². The zero-order valence-electron chi connectivity index (χ0n) is 9.64. The Hall–Kier alpha value is -1.79. The minimum atomic E-state index is -1.40. The van der Waals surface area contributed by atoms with E-state index in [0.29, 0.717) is 10.7 Å². The Morgan fingerprint density at radius 2 is 2.11 bits per heavy atom. The van der Waals surface area contributed by atoms with E-state index in [0.717, 1.165) is 7.11 Å². The highest BCUT2D eigenvalue weighted by Crippen LogP contribution is 2.19. The molecule has 1 atom stereocenters. The maximum absolute atomic E-state index is 11.4. The summed E-state index contributed by atoms with van der Waals surface area (Å²) in [5.74, 6) is -0.812. The van der Waals surface area contributed by atoms with Gasteiger partial charge in [0.1, 0.15) is 0 Å². The van der Waals surface area contributed by atoms with Gasteiger partial charge >= 0.3 is 12.0 Å². The minimum absolute atomic E-state index is 0.247. The number of hydrogen-bond acceptors (Lipinski definition) is 4. The van der Waals surface area contributed by atoms with Gasteiger partial charge in [0.25, 0.3) is 0 Å². The first kappa shape index (κ1) is 14.3. The summed E-state index contributed by atoms with van der Waals surface area (Å²) < 4.78 is 4.30. The number of carbonyl (C=O) groups excluding carboxylic acids is 2. The fourth-order valence-electron chi connectivity index (χ4n) is 1.14. The van der Waals surface area contributed by atoms with Crippen LogP contribution >= 0.6 is 11.6 Å². The average Bonchev–Trinajstić information content (AvgIpc) is 2.37. The molecule has 0 fully saturated rings. The number of benzene rings is 1. The van der Waals surface area contributed by atoms with Gasteiger partial charge in [-0.1, -0.05) is 23.7 Å². The summed E-state index contributed by atoms with van der Waals surface area (Å²) in [5.41, 5.74) is 0.434. The molecule has 2 amide bonds. The van der Waals surface area contributed by atoms with Gasteiger partial charge in [-0.25, -0.2) is 9.59 Å². The molecule has 0 bridgehead atoms. The SMILES string of the molecule is COC(=O)C(O)CNC(=O)Nc1ccccc1Cl. The maximum Gasteiger partial charge on any atom is 0.336 e. The van der Waals surface area contributed by atoms with Crippen LogP contribution in [0.15, 0.2) is 24.3 Å². The fraction of sp³-hybridized carbons (Fsp3) is 0.273. The third-order valence-corrected chi connectivity index (χ3v) is 2.38.